The van der Waals surface area contributed by atoms with Crippen molar-refractivity contribution in [3.05, 3.63) is 65.4 Å². The summed E-state index contributed by atoms with van der Waals surface area (Å²) in [6.07, 6.45) is 5.56. The summed E-state index contributed by atoms with van der Waals surface area (Å²) in [4.78, 5) is 53.0. The Kier molecular flexibility index (Phi) is 9.73. The molecule has 256 valence electrons. The molecule has 3 atom stereocenters. The van der Waals surface area contributed by atoms with Crippen LogP contribution < -0.4 is 10.1 Å². The highest BCUT2D eigenvalue weighted by Crippen LogP contribution is 2.53. The predicted octanol–water partition coefficient (Wildman–Crippen LogP) is 3.88. The Balaban J connectivity index is 1.25. The van der Waals surface area contributed by atoms with Gasteiger partial charge in [0, 0.05) is 74.7 Å². The van der Waals surface area contributed by atoms with Crippen molar-refractivity contribution in [2.45, 2.75) is 56.9 Å². The van der Waals surface area contributed by atoms with Crippen molar-refractivity contribution in [3.63, 3.8) is 0 Å². The third kappa shape index (κ3) is 6.32. The lowest BCUT2D eigenvalue weighted by atomic mass is 9.64. The Morgan fingerprint density at radius 2 is 1.81 bits per heavy atom. The molecule has 4 aliphatic rings. The van der Waals surface area contributed by atoms with Gasteiger partial charge >= 0.3 is 0 Å². The number of methoxy groups -OCH3 is 1. The molecule has 0 radical (unpaired) electrons. The summed E-state index contributed by atoms with van der Waals surface area (Å²) in [6.45, 7) is 6.41. The second-order valence-corrected chi connectivity index (χ2v) is 13.9. The van der Waals surface area contributed by atoms with Gasteiger partial charge in [-0.3, -0.25) is 19.3 Å². The molecule has 10 heteroatoms. The largest absolute Gasteiger partial charge is 0.497 e. The highest BCUT2D eigenvalue weighted by molar-refractivity contribution is 5.93. The molecule has 5 heterocycles. The first-order valence-electron chi connectivity index (χ1n) is 17.9. The topological polar surface area (TPSA) is 107 Å². The molecule has 2 N–H and O–H groups in total. The van der Waals surface area contributed by atoms with Gasteiger partial charge in [-0.1, -0.05) is 30.3 Å². The van der Waals surface area contributed by atoms with Crippen molar-refractivity contribution >= 4 is 28.6 Å². The number of rotatable bonds is 10. The van der Waals surface area contributed by atoms with Crippen LogP contribution in [0, 0.1) is 11.8 Å². The van der Waals surface area contributed by atoms with E-state index >= 15 is 0 Å². The van der Waals surface area contributed by atoms with Crippen LogP contribution in [0.2, 0.25) is 0 Å². The minimum absolute atomic E-state index is 0.0176. The van der Waals surface area contributed by atoms with E-state index in [-0.39, 0.29) is 24.1 Å². The number of benzene rings is 2. The normalized spacial score (nSPS) is 24.6. The number of piperidine rings is 2. The van der Waals surface area contributed by atoms with Crippen molar-refractivity contribution in [3.8, 4) is 5.75 Å². The molecule has 3 aromatic rings. The van der Waals surface area contributed by atoms with Crippen LogP contribution in [0.5, 0.6) is 5.75 Å². The van der Waals surface area contributed by atoms with Crippen molar-refractivity contribution in [2.24, 2.45) is 11.8 Å². The molecule has 3 fully saturated rings. The molecule has 10 nitrogen and oxygen atoms in total. The number of morpholine rings is 1. The molecule has 2 aromatic carbocycles. The van der Waals surface area contributed by atoms with E-state index in [1.807, 2.05) is 40.1 Å². The van der Waals surface area contributed by atoms with Gasteiger partial charge in [-0.05, 0) is 74.3 Å². The fourth-order valence-corrected chi connectivity index (χ4v) is 8.71. The van der Waals surface area contributed by atoms with Crippen LogP contribution in [0.3, 0.4) is 0 Å². The number of nitrogens with zero attached hydrogens (tertiary/aromatic N) is 3. The number of H-pyrrole nitrogens is 1. The highest BCUT2D eigenvalue weighted by Gasteiger charge is 2.59. The molecule has 0 bridgehead atoms. The van der Waals surface area contributed by atoms with Gasteiger partial charge in [-0.2, -0.15) is 0 Å². The second kappa shape index (κ2) is 14.3. The molecule has 48 heavy (non-hydrogen) atoms. The highest BCUT2D eigenvalue weighted by atomic mass is 16.5. The maximum absolute atomic E-state index is 14.9. The number of aryl methyl sites for hydroxylation is 1. The van der Waals surface area contributed by atoms with E-state index in [0.717, 1.165) is 86.3 Å². The minimum atomic E-state index is -0.857. The van der Waals surface area contributed by atoms with Gasteiger partial charge in [-0.15, -0.1) is 0 Å². The van der Waals surface area contributed by atoms with E-state index in [1.54, 1.807) is 7.11 Å². The molecular formula is C38H49N5O5. The maximum atomic E-state index is 14.9. The first kappa shape index (κ1) is 32.6. The lowest BCUT2D eigenvalue weighted by Crippen LogP contribution is -2.66. The zero-order valence-corrected chi connectivity index (χ0v) is 28.2. The van der Waals surface area contributed by atoms with Gasteiger partial charge in [0.15, 0.2) is 0 Å². The molecule has 7 rings (SSSR count). The standard InChI is InChI=1S/C38H49N5O5/c1-47-29-10-11-33-31(26-29)30-13-18-43-36(45)28(25-34(44)39-15-19-41-20-22-48-23-21-41)24-32(37(46)42-16-6-3-7-17-42)38(43,35(30)40-33)14-12-27-8-4-2-5-9-27/h2,4-5,8-11,26,28,32,40H,3,6-7,12-25H2,1H3,(H,39,44)/t28?,32-,38+/m1/s1. The lowest BCUT2D eigenvalue weighted by Gasteiger charge is -2.56. The van der Waals surface area contributed by atoms with Crippen LogP contribution in [0.1, 0.15) is 55.3 Å². The molecule has 0 saturated carbocycles. The number of aromatic amines is 1. The Bertz CT molecular complexity index is 1610. The Labute approximate surface area is 283 Å². The van der Waals surface area contributed by atoms with Crippen LogP contribution in [-0.4, -0.2) is 104 Å². The number of aromatic nitrogens is 1. The number of hydrogen-bond acceptors (Lipinski definition) is 6. The number of nitrogens with one attached hydrogen (secondary N) is 2. The summed E-state index contributed by atoms with van der Waals surface area (Å²) >= 11 is 0. The maximum Gasteiger partial charge on any atom is 0.228 e. The van der Waals surface area contributed by atoms with Crippen molar-refractivity contribution in [1.82, 2.24) is 25.0 Å². The van der Waals surface area contributed by atoms with E-state index in [0.29, 0.717) is 45.6 Å². The Hall–Kier alpha value is -3.89. The number of ether oxygens (including phenoxy) is 2. The number of likely N-dealkylation sites (tertiary alicyclic amines) is 1. The quantitative estimate of drug-likeness (QED) is 0.344. The molecule has 0 spiro atoms. The third-order valence-electron chi connectivity index (χ3n) is 11.2. The smallest absolute Gasteiger partial charge is 0.228 e. The van der Waals surface area contributed by atoms with Gasteiger partial charge in [0.05, 0.1) is 31.8 Å². The fourth-order valence-electron chi connectivity index (χ4n) is 8.71. The SMILES string of the molecule is COc1ccc2[nH]c3c(c2c1)CCN1C(=O)C(CC(=O)NCCN2CCOCC2)C[C@H](C(=O)N2CCCCC2)[C@@]31CCc1ccccc1. The van der Waals surface area contributed by atoms with Gasteiger partial charge in [-0.25, -0.2) is 0 Å². The van der Waals surface area contributed by atoms with Gasteiger partial charge in [0.2, 0.25) is 17.7 Å². The average Bonchev–Trinajstić information content (AvgIpc) is 3.51. The van der Waals surface area contributed by atoms with E-state index in [4.69, 9.17) is 9.47 Å². The van der Waals surface area contributed by atoms with Crippen molar-refractivity contribution in [2.75, 3.05) is 66.1 Å². The number of amides is 3. The number of fused-ring (bicyclic) bond motifs is 5. The van der Waals surface area contributed by atoms with E-state index in [9.17, 15) is 14.4 Å². The molecule has 1 unspecified atom stereocenters. The molecule has 1 aromatic heterocycles. The molecule has 3 amide bonds. The summed E-state index contributed by atoms with van der Waals surface area (Å²) in [5.74, 6) is -0.276. The number of carbonyl (C=O) groups is 3. The van der Waals surface area contributed by atoms with Crippen molar-refractivity contribution in [1.29, 1.82) is 0 Å². The first-order valence-corrected chi connectivity index (χ1v) is 17.9. The second-order valence-electron chi connectivity index (χ2n) is 13.9. The average molecular weight is 656 g/mol. The van der Waals surface area contributed by atoms with Crippen LogP contribution in [0.25, 0.3) is 10.9 Å². The zero-order chi connectivity index (χ0) is 33.1. The number of hydrogen-bond donors (Lipinski definition) is 2. The summed E-state index contributed by atoms with van der Waals surface area (Å²) in [5, 5.41) is 4.16. The van der Waals surface area contributed by atoms with Crippen LogP contribution in [-0.2, 0) is 37.5 Å². The molecular weight excluding hydrogens is 606 g/mol. The fraction of sp³-hybridized carbons (Fsp3) is 0.553. The lowest BCUT2D eigenvalue weighted by molar-refractivity contribution is -0.167. The van der Waals surface area contributed by atoms with Gasteiger partial charge in [0.1, 0.15) is 5.75 Å². The summed E-state index contributed by atoms with van der Waals surface area (Å²) < 4.78 is 11.0. The zero-order valence-electron chi connectivity index (χ0n) is 28.2. The Morgan fingerprint density at radius 1 is 1.02 bits per heavy atom. The summed E-state index contributed by atoms with van der Waals surface area (Å²) in [5.41, 5.74) is 3.45. The Morgan fingerprint density at radius 3 is 2.58 bits per heavy atom. The first-order chi connectivity index (χ1) is 23.5. The minimum Gasteiger partial charge on any atom is -0.497 e. The predicted molar refractivity (Wildman–Crippen MR) is 184 cm³/mol. The van der Waals surface area contributed by atoms with Crippen LogP contribution in [0.15, 0.2) is 48.5 Å². The van der Waals surface area contributed by atoms with E-state index in [2.05, 4.69) is 33.4 Å². The number of carbonyl (C=O) groups excluding carboxylic acids is 3. The molecule has 0 aliphatic carbocycles. The van der Waals surface area contributed by atoms with Crippen molar-refractivity contribution < 1.29 is 23.9 Å². The van der Waals surface area contributed by atoms with Crippen LogP contribution in [0.4, 0.5) is 0 Å². The molecule has 4 aliphatic heterocycles. The van der Waals surface area contributed by atoms with E-state index < -0.39 is 17.4 Å². The van der Waals surface area contributed by atoms with Gasteiger partial charge in [0.25, 0.3) is 0 Å². The monoisotopic (exact) mass is 655 g/mol. The molecule has 3 saturated heterocycles. The van der Waals surface area contributed by atoms with Gasteiger partial charge < -0.3 is 29.6 Å². The van der Waals surface area contributed by atoms with E-state index in [1.165, 1.54) is 5.56 Å². The summed E-state index contributed by atoms with van der Waals surface area (Å²) in [6, 6.07) is 16.4. The third-order valence-corrected chi connectivity index (χ3v) is 11.2. The van der Waals surface area contributed by atoms with Crippen LogP contribution >= 0.6 is 0 Å². The summed E-state index contributed by atoms with van der Waals surface area (Å²) in [7, 11) is 1.68.